The Morgan fingerprint density at radius 3 is 2.52 bits per heavy atom. The highest BCUT2D eigenvalue weighted by atomic mass is 32.2. The first-order valence-electron chi connectivity index (χ1n) is 10.2. The first kappa shape index (κ1) is 22.8. The van der Waals surface area contributed by atoms with Crippen LogP contribution in [0.3, 0.4) is 0 Å². The minimum Gasteiger partial charge on any atom is -0.371 e. The molecule has 0 radical (unpaired) electrons. The Hall–Kier alpha value is -2.91. The maximum Gasteiger partial charge on any atom is 0.251 e. The molecule has 1 heterocycles. The standard InChI is InChI=1S/C22H28N4O4S/c1-15-8-9-19(31(23,29)30)14-20(15)22(28)24-16(2)12-21(27)25-17-6-5-7-18(13-17)26-10-3-4-11-26/h5-9,13-14,16H,3-4,10-12H2,1-2H3,(H,24,28)(H,25,27)(H2,23,29,30). The van der Waals surface area contributed by atoms with E-state index >= 15 is 0 Å². The van der Waals surface area contributed by atoms with E-state index in [-0.39, 0.29) is 22.8 Å². The summed E-state index contributed by atoms with van der Waals surface area (Å²) >= 11 is 0. The van der Waals surface area contributed by atoms with Gasteiger partial charge in [0.05, 0.1) is 4.90 Å². The Bertz CT molecular complexity index is 1080. The molecule has 0 saturated carbocycles. The van der Waals surface area contributed by atoms with E-state index in [1.54, 1.807) is 13.8 Å². The number of carbonyl (C=O) groups excluding carboxylic acids is 2. The summed E-state index contributed by atoms with van der Waals surface area (Å²) < 4.78 is 23.1. The quantitative estimate of drug-likeness (QED) is 0.605. The number of nitrogens with zero attached hydrogens (tertiary/aromatic N) is 1. The van der Waals surface area contributed by atoms with Gasteiger partial charge >= 0.3 is 0 Å². The van der Waals surface area contributed by atoms with Crippen molar-refractivity contribution in [2.24, 2.45) is 5.14 Å². The summed E-state index contributed by atoms with van der Waals surface area (Å²) in [6, 6.07) is 11.4. The highest BCUT2D eigenvalue weighted by molar-refractivity contribution is 7.89. The van der Waals surface area contributed by atoms with Crippen LogP contribution in [0.25, 0.3) is 0 Å². The van der Waals surface area contributed by atoms with E-state index in [2.05, 4.69) is 15.5 Å². The van der Waals surface area contributed by atoms with Crippen LogP contribution in [0.5, 0.6) is 0 Å². The molecule has 166 valence electrons. The van der Waals surface area contributed by atoms with Crippen molar-refractivity contribution in [1.29, 1.82) is 0 Å². The van der Waals surface area contributed by atoms with Gasteiger partial charge < -0.3 is 15.5 Å². The van der Waals surface area contributed by atoms with Crippen LogP contribution in [0.15, 0.2) is 47.4 Å². The number of primary sulfonamides is 1. The number of sulfonamides is 1. The molecular formula is C22H28N4O4S. The molecule has 1 unspecified atom stereocenters. The summed E-state index contributed by atoms with van der Waals surface area (Å²) in [4.78, 5) is 27.2. The maximum absolute atomic E-state index is 12.6. The van der Waals surface area contributed by atoms with Crippen LogP contribution >= 0.6 is 0 Å². The Balaban J connectivity index is 1.59. The average Bonchev–Trinajstić information content (AvgIpc) is 3.22. The van der Waals surface area contributed by atoms with Crippen molar-refractivity contribution < 1.29 is 18.0 Å². The van der Waals surface area contributed by atoms with Crippen molar-refractivity contribution in [3.05, 3.63) is 53.6 Å². The number of benzene rings is 2. The number of carbonyl (C=O) groups is 2. The van der Waals surface area contributed by atoms with E-state index < -0.39 is 22.0 Å². The third kappa shape index (κ3) is 6.05. The van der Waals surface area contributed by atoms with Gasteiger partial charge in [0.15, 0.2) is 0 Å². The molecule has 0 aromatic heterocycles. The molecule has 0 aliphatic carbocycles. The maximum atomic E-state index is 12.6. The highest BCUT2D eigenvalue weighted by Gasteiger charge is 2.18. The second-order valence-corrected chi connectivity index (χ2v) is 9.45. The van der Waals surface area contributed by atoms with Crippen LogP contribution in [0.2, 0.25) is 0 Å². The van der Waals surface area contributed by atoms with Crippen molar-refractivity contribution in [2.45, 2.75) is 44.0 Å². The second-order valence-electron chi connectivity index (χ2n) is 7.89. The zero-order valence-electron chi connectivity index (χ0n) is 17.7. The lowest BCUT2D eigenvalue weighted by Crippen LogP contribution is -2.36. The first-order valence-corrected chi connectivity index (χ1v) is 11.8. The lowest BCUT2D eigenvalue weighted by atomic mass is 10.1. The normalized spacial score (nSPS) is 14.9. The molecule has 9 heteroatoms. The number of aryl methyl sites for hydroxylation is 1. The minimum absolute atomic E-state index is 0.0770. The van der Waals surface area contributed by atoms with Crippen molar-refractivity contribution >= 4 is 33.2 Å². The van der Waals surface area contributed by atoms with E-state index in [1.165, 1.54) is 31.0 Å². The smallest absolute Gasteiger partial charge is 0.251 e. The molecule has 0 bridgehead atoms. The van der Waals surface area contributed by atoms with Crippen molar-refractivity contribution in [3.8, 4) is 0 Å². The number of hydrogen-bond donors (Lipinski definition) is 3. The van der Waals surface area contributed by atoms with Gasteiger partial charge in [0, 0.05) is 42.5 Å². The fraction of sp³-hybridized carbons (Fsp3) is 0.364. The number of anilines is 2. The first-order chi connectivity index (χ1) is 14.6. The van der Waals surface area contributed by atoms with Gasteiger partial charge in [-0.1, -0.05) is 12.1 Å². The molecule has 31 heavy (non-hydrogen) atoms. The third-order valence-electron chi connectivity index (χ3n) is 5.25. The van der Waals surface area contributed by atoms with E-state index in [9.17, 15) is 18.0 Å². The molecule has 4 N–H and O–H groups in total. The molecular weight excluding hydrogens is 416 g/mol. The molecule has 1 aliphatic heterocycles. The molecule has 8 nitrogen and oxygen atoms in total. The predicted molar refractivity (Wildman–Crippen MR) is 121 cm³/mol. The molecule has 2 aromatic carbocycles. The zero-order valence-corrected chi connectivity index (χ0v) is 18.5. The van der Waals surface area contributed by atoms with Gasteiger partial charge in [0.2, 0.25) is 15.9 Å². The summed E-state index contributed by atoms with van der Waals surface area (Å²) in [6.07, 6.45) is 2.42. The van der Waals surface area contributed by atoms with Gasteiger partial charge in [-0.25, -0.2) is 13.6 Å². The number of rotatable bonds is 7. The third-order valence-corrected chi connectivity index (χ3v) is 6.16. The predicted octanol–water partition coefficient (Wildman–Crippen LogP) is 2.39. The largest absolute Gasteiger partial charge is 0.371 e. The van der Waals surface area contributed by atoms with Gasteiger partial charge in [-0.2, -0.15) is 0 Å². The van der Waals surface area contributed by atoms with Crippen LogP contribution in [0.4, 0.5) is 11.4 Å². The van der Waals surface area contributed by atoms with Crippen LogP contribution in [0, 0.1) is 6.92 Å². The van der Waals surface area contributed by atoms with E-state index in [0.717, 1.165) is 18.8 Å². The average molecular weight is 445 g/mol. The minimum atomic E-state index is -3.92. The molecule has 1 saturated heterocycles. The SMILES string of the molecule is Cc1ccc(S(N)(=O)=O)cc1C(=O)NC(C)CC(=O)Nc1cccc(N2CCCC2)c1. The van der Waals surface area contributed by atoms with Crippen molar-refractivity contribution in [1.82, 2.24) is 5.32 Å². The molecule has 2 amide bonds. The van der Waals surface area contributed by atoms with Gasteiger partial charge in [-0.3, -0.25) is 9.59 Å². The topological polar surface area (TPSA) is 122 Å². The summed E-state index contributed by atoms with van der Waals surface area (Å²) in [5.74, 6) is -0.680. The van der Waals surface area contributed by atoms with Gasteiger partial charge in [0.1, 0.15) is 0 Å². The lowest BCUT2D eigenvalue weighted by Gasteiger charge is -2.19. The Labute approximate surface area is 182 Å². The van der Waals surface area contributed by atoms with E-state index in [1.807, 2.05) is 24.3 Å². The molecule has 2 aromatic rings. The Morgan fingerprint density at radius 2 is 1.84 bits per heavy atom. The Kier molecular flexibility index (Phi) is 6.97. The van der Waals surface area contributed by atoms with Crippen LogP contribution in [-0.4, -0.2) is 39.4 Å². The monoisotopic (exact) mass is 444 g/mol. The van der Waals surface area contributed by atoms with Gasteiger partial charge in [-0.15, -0.1) is 0 Å². The van der Waals surface area contributed by atoms with Crippen molar-refractivity contribution in [2.75, 3.05) is 23.3 Å². The fourth-order valence-corrected chi connectivity index (χ4v) is 4.16. The number of nitrogens with two attached hydrogens (primary N) is 1. The molecule has 1 fully saturated rings. The van der Waals surface area contributed by atoms with Crippen molar-refractivity contribution in [3.63, 3.8) is 0 Å². The summed E-state index contributed by atoms with van der Waals surface area (Å²) in [6.45, 7) is 5.46. The van der Waals surface area contributed by atoms with Gasteiger partial charge in [-0.05, 0) is 62.6 Å². The lowest BCUT2D eigenvalue weighted by molar-refractivity contribution is -0.116. The van der Waals surface area contributed by atoms with Crippen LogP contribution < -0.4 is 20.7 Å². The molecule has 3 rings (SSSR count). The highest BCUT2D eigenvalue weighted by Crippen LogP contribution is 2.23. The van der Waals surface area contributed by atoms with Crippen LogP contribution in [0.1, 0.15) is 42.1 Å². The number of amides is 2. The zero-order chi connectivity index (χ0) is 22.6. The number of nitrogens with one attached hydrogen (secondary N) is 2. The summed E-state index contributed by atoms with van der Waals surface area (Å²) in [7, 11) is -3.92. The summed E-state index contributed by atoms with van der Waals surface area (Å²) in [5, 5.41) is 10.8. The molecule has 1 aliphatic rings. The molecule has 1 atom stereocenters. The molecule has 0 spiro atoms. The number of hydrogen-bond acceptors (Lipinski definition) is 5. The van der Waals surface area contributed by atoms with Gasteiger partial charge in [0.25, 0.3) is 5.91 Å². The van der Waals surface area contributed by atoms with E-state index in [4.69, 9.17) is 5.14 Å². The Morgan fingerprint density at radius 1 is 1.13 bits per heavy atom. The van der Waals surface area contributed by atoms with Crippen LogP contribution in [-0.2, 0) is 14.8 Å². The summed E-state index contributed by atoms with van der Waals surface area (Å²) in [5.41, 5.74) is 2.61. The fourth-order valence-electron chi connectivity index (χ4n) is 3.62. The van der Waals surface area contributed by atoms with E-state index in [0.29, 0.717) is 11.3 Å². The second kappa shape index (κ2) is 9.49.